The lowest BCUT2D eigenvalue weighted by molar-refractivity contribution is -0.142. The van der Waals surface area contributed by atoms with Crippen LogP contribution in [0.25, 0.3) is 11.3 Å². The molecule has 3 heterocycles. The van der Waals surface area contributed by atoms with Crippen molar-refractivity contribution in [3.63, 3.8) is 0 Å². The largest absolute Gasteiger partial charge is 0.361 e. The molecule has 1 fully saturated rings. The normalized spacial score (nSPS) is 18.2. The second kappa shape index (κ2) is 9.13. The molecule has 0 spiro atoms. The number of hydrogen-bond acceptors (Lipinski definition) is 6. The highest BCUT2D eigenvalue weighted by atomic mass is 16.5. The van der Waals surface area contributed by atoms with E-state index in [1.165, 1.54) is 11.8 Å². The third-order valence-corrected chi connectivity index (χ3v) is 6.14. The maximum Gasteiger partial charge on any atom is 0.274 e. The van der Waals surface area contributed by atoms with Crippen LogP contribution in [0.15, 0.2) is 47.2 Å². The van der Waals surface area contributed by atoms with Gasteiger partial charge >= 0.3 is 0 Å². The fourth-order valence-corrected chi connectivity index (χ4v) is 4.43. The summed E-state index contributed by atoms with van der Waals surface area (Å²) >= 11 is 0. The van der Waals surface area contributed by atoms with E-state index in [-0.39, 0.29) is 17.5 Å². The Hall–Kier alpha value is -3.55. The van der Waals surface area contributed by atoms with Crippen molar-refractivity contribution in [1.82, 2.24) is 24.9 Å². The molecule has 0 saturated carbocycles. The second-order valence-corrected chi connectivity index (χ2v) is 9.07. The summed E-state index contributed by atoms with van der Waals surface area (Å²) < 4.78 is 5.65. The highest BCUT2D eigenvalue weighted by molar-refractivity contribution is 5.93. The Kier molecular flexibility index (Phi) is 6.26. The van der Waals surface area contributed by atoms with Crippen molar-refractivity contribution in [2.24, 2.45) is 5.41 Å². The summed E-state index contributed by atoms with van der Waals surface area (Å²) in [7, 11) is 3.49. The monoisotopic (exact) mass is 447 g/mol. The summed E-state index contributed by atoms with van der Waals surface area (Å²) in [6, 6.07) is 9.95. The van der Waals surface area contributed by atoms with Gasteiger partial charge in [0.1, 0.15) is 17.1 Å². The molecule has 2 amide bonds. The molecule has 33 heavy (non-hydrogen) atoms. The van der Waals surface area contributed by atoms with Gasteiger partial charge in [0.15, 0.2) is 0 Å². The minimum Gasteiger partial charge on any atom is -0.361 e. The van der Waals surface area contributed by atoms with Crippen LogP contribution in [-0.2, 0) is 11.2 Å². The Morgan fingerprint density at radius 2 is 1.88 bits per heavy atom. The van der Waals surface area contributed by atoms with E-state index in [9.17, 15) is 9.59 Å². The number of likely N-dealkylation sites (tertiary alicyclic amines) is 1. The summed E-state index contributed by atoms with van der Waals surface area (Å²) in [6.45, 7) is 4.72. The Balaban J connectivity index is 1.60. The number of benzene rings is 1. The predicted octanol–water partition coefficient (Wildman–Crippen LogP) is 3.30. The average Bonchev–Trinajstić information content (AvgIpc) is 3.27. The molecule has 8 nitrogen and oxygen atoms in total. The molecule has 0 bridgehead atoms. The van der Waals surface area contributed by atoms with Crippen LogP contribution in [0.2, 0.25) is 0 Å². The van der Waals surface area contributed by atoms with Crippen LogP contribution in [0.5, 0.6) is 0 Å². The highest BCUT2D eigenvalue weighted by Gasteiger charge is 2.45. The highest BCUT2D eigenvalue weighted by Crippen LogP contribution is 2.37. The van der Waals surface area contributed by atoms with Gasteiger partial charge in [0, 0.05) is 51.4 Å². The van der Waals surface area contributed by atoms with Crippen molar-refractivity contribution in [2.75, 3.05) is 27.2 Å². The quantitative estimate of drug-likeness (QED) is 0.596. The van der Waals surface area contributed by atoms with E-state index < -0.39 is 5.41 Å². The third kappa shape index (κ3) is 4.79. The number of hydrogen-bond donors (Lipinski definition) is 0. The molecule has 2 aromatic heterocycles. The minimum absolute atomic E-state index is 0.0247. The number of rotatable bonds is 5. The molecule has 1 atom stereocenters. The van der Waals surface area contributed by atoms with Gasteiger partial charge in [-0.25, -0.2) is 4.98 Å². The lowest BCUT2D eigenvalue weighted by Gasteiger charge is -2.42. The van der Waals surface area contributed by atoms with Crippen LogP contribution in [-0.4, -0.2) is 63.9 Å². The van der Waals surface area contributed by atoms with Gasteiger partial charge in [-0.3, -0.25) is 14.6 Å². The average molecular weight is 448 g/mol. The summed E-state index contributed by atoms with van der Waals surface area (Å²) in [5.74, 6) is 0.393. The van der Waals surface area contributed by atoms with Crippen LogP contribution >= 0.6 is 0 Å². The number of aromatic nitrogens is 3. The van der Waals surface area contributed by atoms with E-state index >= 15 is 0 Å². The maximum absolute atomic E-state index is 13.4. The first kappa shape index (κ1) is 22.6. The van der Waals surface area contributed by atoms with E-state index in [2.05, 4.69) is 15.1 Å². The van der Waals surface area contributed by atoms with E-state index in [0.717, 1.165) is 17.0 Å². The van der Waals surface area contributed by atoms with Crippen molar-refractivity contribution in [2.45, 2.75) is 33.1 Å². The fraction of sp³-hybridized carbons (Fsp3) is 0.400. The molecule has 1 aromatic carbocycles. The lowest BCUT2D eigenvalue weighted by Crippen LogP contribution is -2.54. The molecular formula is C25H29N5O3. The van der Waals surface area contributed by atoms with Crippen molar-refractivity contribution in [1.29, 1.82) is 0 Å². The summed E-state index contributed by atoms with van der Waals surface area (Å²) in [4.78, 5) is 38.2. The third-order valence-electron chi connectivity index (χ3n) is 6.14. The summed E-state index contributed by atoms with van der Waals surface area (Å²) in [5.41, 5.74) is 3.10. The molecule has 1 aliphatic heterocycles. The van der Waals surface area contributed by atoms with E-state index in [0.29, 0.717) is 38.1 Å². The summed E-state index contributed by atoms with van der Waals surface area (Å²) in [5, 5.41) is 4.23. The number of carbonyl (C=O) groups is 2. The number of piperidine rings is 1. The first-order chi connectivity index (χ1) is 15.8. The molecule has 8 heteroatoms. The number of amides is 2. The first-order valence-corrected chi connectivity index (χ1v) is 11.1. The Bertz CT molecular complexity index is 1140. The van der Waals surface area contributed by atoms with Gasteiger partial charge in [-0.15, -0.1) is 0 Å². The molecule has 3 aromatic rings. The van der Waals surface area contributed by atoms with Crippen LogP contribution in [0, 0.1) is 19.3 Å². The van der Waals surface area contributed by atoms with Crippen LogP contribution in [0.4, 0.5) is 0 Å². The zero-order valence-electron chi connectivity index (χ0n) is 19.5. The van der Waals surface area contributed by atoms with Gasteiger partial charge in [-0.05, 0) is 26.7 Å². The van der Waals surface area contributed by atoms with Crippen LogP contribution in [0.3, 0.4) is 0 Å². The Labute approximate surface area is 193 Å². The standard InChI is InChI=1S/C25H29N5O3/c1-17-6-8-19(9-7-17)21-12-20(33-28-21)13-25(24(32)29(3)4)10-5-11-30(16-25)23(31)22-15-26-18(2)14-27-22/h6-9,12,14-15H,5,10-11,13,16H2,1-4H3. The van der Waals surface area contributed by atoms with Gasteiger partial charge in [0.2, 0.25) is 5.91 Å². The molecule has 172 valence electrons. The molecule has 1 saturated heterocycles. The number of carbonyl (C=O) groups excluding carboxylic acids is 2. The molecule has 1 unspecified atom stereocenters. The molecule has 1 aliphatic rings. The first-order valence-electron chi connectivity index (χ1n) is 11.1. The topological polar surface area (TPSA) is 92.4 Å². The lowest BCUT2D eigenvalue weighted by atomic mass is 9.75. The van der Waals surface area contributed by atoms with Gasteiger partial charge in [-0.1, -0.05) is 35.0 Å². The summed E-state index contributed by atoms with van der Waals surface area (Å²) in [6.07, 6.45) is 4.81. The Morgan fingerprint density at radius 1 is 1.12 bits per heavy atom. The molecule has 0 N–H and O–H groups in total. The zero-order chi connectivity index (χ0) is 23.6. The smallest absolute Gasteiger partial charge is 0.274 e. The van der Waals surface area contributed by atoms with E-state index in [4.69, 9.17) is 4.52 Å². The van der Waals surface area contributed by atoms with Gasteiger partial charge in [-0.2, -0.15) is 0 Å². The molecule has 0 aliphatic carbocycles. The van der Waals surface area contributed by atoms with E-state index in [1.54, 1.807) is 30.1 Å². The molecular weight excluding hydrogens is 418 g/mol. The van der Waals surface area contributed by atoms with Gasteiger partial charge in [0.25, 0.3) is 5.91 Å². The number of nitrogens with zero attached hydrogens (tertiary/aromatic N) is 5. The number of aryl methyl sites for hydroxylation is 2. The fourth-order valence-electron chi connectivity index (χ4n) is 4.43. The van der Waals surface area contributed by atoms with Crippen molar-refractivity contribution >= 4 is 11.8 Å². The maximum atomic E-state index is 13.4. The molecule has 4 rings (SSSR count). The zero-order valence-corrected chi connectivity index (χ0v) is 19.5. The van der Waals surface area contributed by atoms with Gasteiger partial charge < -0.3 is 14.3 Å². The SMILES string of the molecule is Cc1ccc(-c2cc(CC3(C(=O)N(C)C)CCCN(C(=O)c4cnc(C)cn4)C3)on2)cc1. The van der Waals surface area contributed by atoms with Crippen molar-refractivity contribution in [3.8, 4) is 11.3 Å². The minimum atomic E-state index is -0.792. The van der Waals surface area contributed by atoms with Gasteiger partial charge in [0.05, 0.1) is 17.3 Å². The van der Waals surface area contributed by atoms with Crippen LogP contribution < -0.4 is 0 Å². The Morgan fingerprint density at radius 3 is 2.55 bits per heavy atom. The second-order valence-electron chi connectivity index (χ2n) is 9.07. The molecule has 0 radical (unpaired) electrons. The van der Waals surface area contributed by atoms with Crippen molar-refractivity contribution < 1.29 is 14.1 Å². The van der Waals surface area contributed by atoms with Crippen LogP contribution in [0.1, 0.15) is 40.3 Å². The predicted molar refractivity (Wildman–Crippen MR) is 123 cm³/mol. The van der Waals surface area contributed by atoms with Crippen molar-refractivity contribution in [3.05, 3.63) is 65.4 Å². The van der Waals surface area contributed by atoms with E-state index in [1.807, 2.05) is 44.2 Å².